The summed E-state index contributed by atoms with van der Waals surface area (Å²) in [5.74, 6) is 0.719. The lowest BCUT2D eigenvalue weighted by Gasteiger charge is -2.17. The van der Waals surface area contributed by atoms with Crippen LogP contribution in [0.15, 0.2) is 36.7 Å². The van der Waals surface area contributed by atoms with Crippen molar-refractivity contribution in [3.63, 3.8) is 0 Å². The Balaban J connectivity index is 1.46. The van der Waals surface area contributed by atoms with Gasteiger partial charge in [0.05, 0.1) is 16.9 Å². The van der Waals surface area contributed by atoms with Crippen LogP contribution in [0.3, 0.4) is 0 Å². The monoisotopic (exact) mass is 412 g/mol. The molecular formula is C21H25ClN6O. The van der Waals surface area contributed by atoms with Gasteiger partial charge < -0.3 is 20.9 Å². The van der Waals surface area contributed by atoms with Crippen molar-refractivity contribution in [1.82, 2.24) is 19.9 Å². The van der Waals surface area contributed by atoms with E-state index < -0.39 is 0 Å². The Labute approximate surface area is 174 Å². The van der Waals surface area contributed by atoms with Crippen molar-refractivity contribution in [3.8, 4) is 11.3 Å². The molecule has 1 aromatic carbocycles. The van der Waals surface area contributed by atoms with Crippen molar-refractivity contribution >= 4 is 34.4 Å². The molecule has 0 aliphatic carbocycles. The maximum Gasteiger partial charge on any atom is 0.223 e. The van der Waals surface area contributed by atoms with E-state index in [1.54, 1.807) is 6.20 Å². The van der Waals surface area contributed by atoms with Crippen molar-refractivity contribution in [2.45, 2.75) is 31.7 Å². The lowest BCUT2D eigenvalue weighted by Crippen LogP contribution is -2.31. The van der Waals surface area contributed by atoms with Crippen LogP contribution in [0.5, 0.6) is 0 Å². The number of carbonyl (C=O) groups excluding carboxylic acids is 1. The molecule has 1 saturated heterocycles. The Morgan fingerprint density at radius 3 is 3.07 bits per heavy atom. The number of likely N-dealkylation sites (tertiary alicyclic amines) is 1. The minimum atomic E-state index is 0.130. The van der Waals surface area contributed by atoms with E-state index in [0.717, 1.165) is 42.3 Å². The Kier molecular flexibility index (Phi) is 5.97. The van der Waals surface area contributed by atoms with E-state index in [9.17, 15) is 4.79 Å². The van der Waals surface area contributed by atoms with E-state index in [-0.39, 0.29) is 11.9 Å². The molecule has 4 N–H and O–H groups in total. The molecule has 3 aromatic rings. The van der Waals surface area contributed by atoms with Crippen molar-refractivity contribution in [3.05, 3.63) is 41.7 Å². The molecule has 0 spiro atoms. The third-order valence-electron chi connectivity index (χ3n) is 5.31. The molecule has 4 rings (SSSR count). The number of para-hydroxylation sites is 1. The van der Waals surface area contributed by atoms with Crippen molar-refractivity contribution < 1.29 is 4.79 Å². The van der Waals surface area contributed by atoms with E-state index in [0.29, 0.717) is 36.2 Å². The Bertz CT molecular complexity index is 1000. The fourth-order valence-corrected chi connectivity index (χ4v) is 3.95. The number of nitrogens with zero attached hydrogens (tertiary/aromatic N) is 3. The summed E-state index contributed by atoms with van der Waals surface area (Å²) in [5.41, 5.74) is 8.17. The predicted octanol–water partition coefficient (Wildman–Crippen LogP) is 3.42. The molecule has 0 radical (unpaired) electrons. The van der Waals surface area contributed by atoms with E-state index in [2.05, 4.69) is 20.3 Å². The molecule has 8 heteroatoms. The molecule has 1 unspecified atom stereocenters. The molecule has 2 aromatic heterocycles. The first-order chi connectivity index (χ1) is 14.2. The molecule has 0 saturated carbocycles. The largest absolute Gasteiger partial charge is 0.360 e. The zero-order valence-corrected chi connectivity index (χ0v) is 17.0. The predicted molar refractivity (Wildman–Crippen MR) is 116 cm³/mol. The fourth-order valence-electron chi connectivity index (χ4n) is 3.76. The van der Waals surface area contributed by atoms with Gasteiger partial charge in [0.1, 0.15) is 0 Å². The van der Waals surface area contributed by atoms with Crippen LogP contribution in [-0.4, -0.2) is 51.4 Å². The number of halogens is 1. The quantitative estimate of drug-likeness (QED) is 0.516. The van der Waals surface area contributed by atoms with Gasteiger partial charge in [0.15, 0.2) is 0 Å². The maximum absolute atomic E-state index is 12.3. The second-order valence-corrected chi connectivity index (χ2v) is 7.76. The van der Waals surface area contributed by atoms with E-state index in [1.165, 1.54) is 0 Å². The summed E-state index contributed by atoms with van der Waals surface area (Å²) in [6, 6.07) is 8.17. The average molecular weight is 413 g/mol. The highest BCUT2D eigenvalue weighted by Gasteiger charge is 2.26. The third kappa shape index (κ3) is 4.36. The number of amides is 1. The number of fused-ring (bicyclic) bond motifs is 1. The number of H-pyrrole nitrogens is 1. The molecule has 152 valence electrons. The molecule has 1 fully saturated rings. The van der Waals surface area contributed by atoms with Gasteiger partial charge in [-0.05, 0) is 31.9 Å². The molecule has 29 heavy (non-hydrogen) atoms. The number of aromatic amines is 1. The van der Waals surface area contributed by atoms with Crippen molar-refractivity contribution in [1.29, 1.82) is 0 Å². The van der Waals surface area contributed by atoms with Gasteiger partial charge in [0.25, 0.3) is 0 Å². The molecule has 1 atom stereocenters. The number of unbranched alkanes of at least 4 members (excludes halogenated alkanes) is 1. The Hall–Kier alpha value is -2.64. The molecule has 0 bridgehead atoms. The minimum absolute atomic E-state index is 0.130. The Morgan fingerprint density at radius 1 is 1.34 bits per heavy atom. The van der Waals surface area contributed by atoms with Gasteiger partial charge in [-0.15, -0.1) is 0 Å². The second kappa shape index (κ2) is 8.80. The summed E-state index contributed by atoms with van der Waals surface area (Å²) >= 11 is 6.40. The first kappa shape index (κ1) is 19.7. The number of benzene rings is 1. The average Bonchev–Trinajstić information content (AvgIpc) is 3.37. The summed E-state index contributed by atoms with van der Waals surface area (Å²) in [4.78, 5) is 26.5. The molecule has 1 aliphatic rings. The molecular weight excluding hydrogens is 388 g/mol. The number of hydrogen-bond donors (Lipinski definition) is 3. The first-order valence-electron chi connectivity index (χ1n) is 9.99. The van der Waals surface area contributed by atoms with E-state index in [4.69, 9.17) is 17.3 Å². The number of rotatable bonds is 7. The summed E-state index contributed by atoms with van der Waals surface area (Å²) in [7, 11) is 0. The number of anilines is 1. The number of carbonyl (C=O) groups is 1. The zero-order chi connectivity index (χ0) is 20.2. The first-order valence-corrected chi connectivity index (χ1v) is 10.4. The van der Waals surface area contributed by atoms with Crippen LogP contribution >= 0.6 is 11.6 Å². The minimum Gasteiger partial charge on any atom is -0.360 e. The third-order valence-corrected chi connectivity index (χ3v) is 5.58. The topological polar surface area (TPSA) is 99.9 Å². The number of nitrogens with two attached hydrogens (primary N) is 1. The Morgan fingerprint density at radius 2 is 2.21 bits per heavy atom. The lowest BCUT2D eigenvalue weighted by atomic mass is 10.1. The normalized spacial score (nSPS) is 16.5. The summed E-state index contributed by atoms with van der Waals surface area (Å²) < 4.78 is 0. The summed E-state index contributed by atoms with van der Waals surface area (Å²) in [5, 5.41) is 4.93. The van der Waals surface area contributed by atoms with Crippen LogP contribution in [-0.2, 0) is 4.79 Å². The van der Waals surface area contributed by atoms with Gasteiger partial charge in [-0.2, -0.15) is 0 Å². The standard InChI is InChI=1S/C21H25ClN6O/c22-17-12-25-21(26-14-8-10-28(13-14)19(29)7-3-4-9-23)27-20(17)16-11-24-18-6-2-1-5-15(16)18/h1-2,5-6,11-12,14,24H,3-4,7-10,13,23H2,(H,25,26,27). The lowest BCUT2D eigenvalue weighted by molar-refractivity contribution is -0.130. The summed E-state index contributed by atoms with van der Waals surface area (Å²) in [6.45, 7) is 2.04. The van der Waals surface area contributed by atoms with Gasteiger partial charge in [-0.1, -0.05) is 29.8 Å². The smallest absolute Gasteiger partial charge is 0.223 e. The van der Waals surface area contributed by atoms with E-state index in [1.807, 2.05) is 35.4 Å². The highest BCUT2D eigenvalue weighted by Crippen LogP contribution is 2.32. The molecule has 1 aliphatic heterocycles. The SMILES string of the molecule is NCCCCC(=O)N1CCC(Nc2ncc(Cl)c(-c3c[nH]c4ccccc34)n2)C1. The van der Waals surface area contributed by atoms with Gasteiger partial charge in [-0.25, -0.2) is 9.97 Å². The number of nitrogens with one attached hydrogen (secondary N) is 2. The van der Waals surface area contributed by atoms with Crippen LogP contribution in [0.25, 0.3) is 22.2 Å². The van der Waals surface area contributed by atoms with Crippen LogP contribution in [0.4, 0.5) is 5.95 Å². The highest BCUT2D eigenvalue weighted by atomic mass is 35.5. The van der Waals surface area contributed by atoms with Crippen LogP contribution in [0.1, 0.15) is 25.7 Å². The van der Waals surface area contributed by atoms with Crippen molar-refractivity contribution in [2.24, 2.45) is 5.73 Å². The second-order valence-electron chi connectivity index (χ2n) is 7.35. The summed E-state index contributed by atoms with van der Waals surface area (Å²) in [6.07, 6.45) is 6.70. The van der Waals surface area contributed by atoms with Crippen LogP contribution in [0, 0.1) is 0 Å². The zero-order valence-electron chi connectivity index (χ0n) is 16.2. The maximum atomic E-state index is 12.3. The van der Waals surface area contributed by atoms with Crippen LogP contribution in [0.2, 0.25) is 5.02 Å². The fraction of sp³-hybridized carbons (Fsp3) is 0.381. The van der Waals surface area contributed by atoms with Gasteiger partial charge in [0, 0.05) is 48.2 Å². The molecule has 1 amide bonds. The van der Waals surface area contributed by atoms with Gasteiger partial charge >= 0.3 is 0 Å². The van der Waals surface area contributed by atoms with Crippen molar-refractivity contribution in [2.75, 3.05) is 25.0 Å². The number of aromatic nitrogens is 3. The molecule has 7 nitrogen and oxygen atoms in total. The molecule has 3 heterocycles. The van der Waals surface area contributed by atoms with Crippen LogP contribution < -0.4 is 11.1 Å². The highest BCUT2D eigenvalue weighted by molar-refractivity contribution is 6.33. The van der Waals surface area contributed by atoms with E-state index >= 15 is 0 Å². The number of hydrogen-bond acceptors (Lipinski definition) is 5. The van der Waals surface area contributed by atoms with Gasteiger partial charge in [-0.3, -0.25) is 4.79 Å². The van der Waals surface area contributed by atoms with Gasteiger partial charge in [0.2, 0.25) is 11.9 Å².